The van der Waals surface area contributed by atoms with E-state index in [1.807, 2.05) is 6.07 Å². The molecule has 1 heterocycles. The molecule has 0 amide bonds. The smallest absolute Gasteiger partial charge is 0.354 e. The summed E-state index contributed by atoms with van der Waals surface area (Å²) >= 11 is 11.6. The zero-order valence-corrected chi connectivity index (χ0v) is 24.3. The molecule has 0 unspecified atom stereocenters. The molecule has 3 aromatic rings. The average molecular weight is 622 g/mol. The Hall–Kier alpha value is -4.63. The molecular weight excluding hydrogens is 599 g/mol. The normalized spacial score (nSPS) is 10.3. The Kier molecular flexibility index (Phi) is 11.4. The Labute approximate surface area is 248 Å². The number of aryl methyl sites for hydroxylation is 1. The van der Waals surface area contributed by atoms with Crippen LogP contribution in [0.1, 0.15) is 59.7 Å². The summed E-state index contributed by atoms with van der Waals surface area (Å²) in [5.41, 5.74) is 4.14. The van der Waals surface area contributed by atoms with Gasteiger partial charge in [-0.05, 0) is 58.9 Å². The number of nitriles is 1. The first-order valence-electron chi connectivity index (χ1n) is 11.9. The first-order valence-corrected chi connectivity index (χ1v) is 12.7. The maximum atomic E-state index is 14.4. The molecule has 2 aromatic carbocycles. The van der Waals surface area contributed by atoms with Crippen LogP contribution in [0, 0.1) is 29.9 Å². The number of halogens is 4. The van der Waals surface area contributed by atoms with Crippen LogP contribution < -0.4 is 11.4 Å². The minimum atomic E-state index is -0.908. The Morgan fingerprint density at radius 3 is 1.98 bits per heavy atom. The third-order valence-electron chi connectivity index (χ3n) is 5.03. The highest BCUT2D eigenvalue weighted by atomic mass is 35.5. The number of rotatable bonds is 6. The van der Waals surface area contributed by atoms with Crippen molar-refractivity contribution in [3.05, 3.63) is 78.8 Å². The van der Waals surface area contributed by atoms with Crippen molar-refractivity contribution in [2.45, 2.75) is 46.8 Å². The van der Waals surface area contributed by atoms with Crippen LogP contribution in [0.25, 0.3) is 5.69 Å². The minimum Gasteiger partial charge on any atom is -0.459 e. The number of anilines is 1. The third kappa shape index (κ3) is 7.98. The third-order valence-corrected chi connectivity index (χ3v) is 5.66. The molecule has 220 valence electrons. The number of nitrogens with two attached hydrogens (primary N) is 1. The lowest BCUT2D eigenvalue weighted by Crippen LogP contribution is -2.27. The van der Waals surface area contributed by atoms with Gasteiger partial charge in [0.15, 0.2) is 5.82 Å². The van der Waals surface area contributed by atoms with Gasteiger partial charge < -0.3 is 15.2 Å². The molecule has 0 radical (unpaired) electrons. The van der Waals surface area contributed by atoms with Crippen LogP contribution >= 0.6 is 23.2 Å². The van der Waals surface area contributed by atoms with Crippen LogP contribution in [-0.4, -0.2) is 39.8 Å². The topological polar surface area (TPSA) is 167 Å². The van der Waals surface area contributed by atoms with Crippen LogP contribution in [0.4, 0.5) is 20.3 Å². The Bertz CT molecular complexity index is 1700. The van der Waals surface area contributed by atoms with Crippen molar-refractivity contribution in [1.82, 2.24) is 9.55 Å². The van der Waals surface area contributed by atoms with Gasteiger partial charge in [0.1, 0.15) is 29.0 Å². The molecule has 0 aliphatic heterocycles. The monoisotopic (exact) mass is 621 g/mol. The van der Waals surface area contributed by atoms with E-state index in [4.69, 9.17) is 43.7 Å². The summed E-state index contributed by atoms with van der Waals surface area (Å²) in [5, 5.41) is 8.86. The highest BCUT2D eigenvalue weighted by molar-refractivity contribution is 6.34. The predicted octanol–water partition coefficient (Wildman–Crippen LogP) is 5.36. The maximum Gasteiger partial charge on any atom is 0.354 e. The van der Waals surface area contributed by atoms with E-state index in [2.05, 4.69) is 9.98 Å². The number of hydrogen-bond acceptors (Lipinski definition) is 10. The van der Waals surface area contributed by atoms with E-state index in [-0.39, 0.29) is 55.7 Å². The van der Waals surface area contributed by atoms with Gasteiger partial charge in [0.05, 0.1) is 44.8 Å². The Balaban J connectivity index is 0.000000317. The van der Waals surface area contributed by atoms with Gasteiger partial charge in [-0.3, -0.25) is 0 Å². The summed E-state index contributed by atoms with van der Waals surface area (Å²) in [6, 6.07) is 5.66. The van der Waals surface area contributed by atoms with Crippen LogP contribution in [0.15, 0.2) is 34.1 Å². The first kappa shape index (κ1) is 33.6. The fourth-order valence-corrected chi connectivity index (χ4v) is 3.72. The predicted molar refractivity (Wildman–Crippen MR) is 149 cm³/mol. The van der Waals surface area contributed by atoms with E-state index in [1.54, 1.807) is 27.7 Å². The quantitative estimate of drug-likeness (QED) is 0.216. The Morgan fingerprint density at radius 2 is 1.50 bits per heavy atom. The molecule has 0 atom stereocenters. The molecule has 0 aliphatic carbocycles. The number of isocyanates is 1. The summed E-state index contributed by atoms with van der Waals surface area (Å²) in [4.78, 5) is 52.7. The summed E-state index contributed by atoms with van der Waals surface area (Å²) in [6.07, 6.45) is 0.439. The number of carbonyl (C=O) groups is 2. The second kappa shape index (κ2) is 14.3. The number of esters is 2. The minimum absolute atomic E-state index is 0.0456. The zero-order chi connectivity index (χ0) is 31.9. The fourth-order valence-electron chi connectivity index (χ4n) is 3.27. The van der Waals surface area contributed by atoms with Gasteiger partial charge in [-0.25, -0.2) is 32.5 Å². The van der Waals surface area contributed by atoms with Crippen molar-refractivity contribution < 1.29 is 32.6 Å². The van der Waals surface area contributed by atoms with Gasteiger partial charge in [0, 0.05) is 0 Å². The number of benzene rings is 2. The second-order valence-electron chi connectivity index (χ2n) is 8.87. The molecule has 0 saturated carbocycles. The van der Waals surface area contributed by atoms with Gasteiger partial charge in [-0.15, -0.1) is 0 Å². The highest BCUT2D eigenvalue weighted by Crippen LogP contribution is 2.28. The molecule has 0 fully saturated rings. The summed E-state index contributed by atoms with van der Waals surface area (Å²) in [7, 11) is 0. The van der Waals surface area contributed by atoms with E-state index in [1.165, 1.54) is 13.0 Å². The van der Waals surface area contributed by atoms with Gasteiger partial charge in [0.25, 0.3) is 0 Å². The molecule has 0 aliphatic rings. The van der Waals surface area contributed by atoms with Crippen molar-refractivity contribution in [2.75, 3.05) is 5.73 Å². The lowest BCUT2D eigenvalue weighted by molar-refractivity contribution is 0.0367. The fraction of sp³-hybridized carbons (Fsp3) is 0.259. The number of ether oxygens (including phenoxy) is 2. The number of nitrogens with zero attached hydrogens (tertiary/aromatic N) is 4. The first-order chi connectivity index (χ1) is 19.6. The molecule has 15 heteroatoms. The molecular formula is C27H23Cl2F2N5O6. The molecule has 1 aromatic heterocycles. The molecule has 42 heavy (non-hydrogen) atoms. The second-order valence-corrected chi connectivity index (χ2v) is 9.68. The summed E-state index contributed by atoms with van der Waals surface area (Å²) < 4.78 is 38.3. The van der Waals surface area contributed by atoms with Crippen molar-refractivity contribution in [3.63, 3.8) is 0 Å². The van der Waals surface area contributed by atoms with E-state index in [0.29, 0.717) is 4.57 Å². The van der Waals surface area contributed by atoms with Crippen LogP contribution in [0.5, 0.6) is 0 Å². The zero-order valence-electron chi connectivity index (χ0n) is 22.8. The molecule has 0 spiro atoms. The number of carbonyl (C=O) groups excluding carboxylic acids is 3. The highest BCUT2D eigenvalue weighted by Gasteiger charge is 2.22. The van der Waals surface area contributed by atoms with E-state index >= 15 is 0 Å². The number of nitrogen functional groups attached to an aromatic ring is 1. The van der Waals surface area contributed by atoms with E-state index < -0.39 is 35.4 Å². The molecule has 3 rings (SSSR count). The van der Waals surface area contributed by atoms with Gasteiger partial charge in [-0.2, -0.15) is 15.2 Å². The molecule has 2 N–H and O–H groups in total. The van der Waals surface area contributed by atoms with Crippen molar-refractivity contribution in [3.8, 4) is 11.8 Å². The van der Waals surface area contributed by atoms with Crippen LogP contribution in [-0.2, 0) is 14.3 Å². The number of hydrogen-bond donors (Lipinski definition) is 1. The van der Waals surface area contributed by atoms with Crippen LogP contribution in [0.2, 0.25) is 10.0 Å². The standard InChI is InChI=1S/C16H14ClFN4O3.C11H9ClFNO3/c1-7(2)25-15(23)9-4-13(12(18)5-11(9)17)22-14(20)10(6-19)8(3)21-16(22)24;1-6(2)17-11(16)7-3-10(14-5-15)9(13)4-8(7)12/h4-5,7H,20H2,1-3H3;3-4,6H,1-2H3. The maximum absolute atomic E-state index is 14.4. The lowest BCUT2D eigenvalue weighted by Gasteiger charge is -2.15. The lowest BCUT2D eigenvalue weighted by atomic mass is 10.1. The van der Waals surface area contributed by atoms with Gasteiger partial charge in [0.2, 0.25) is 6.08 Å². The van der Waals surface area contributed by atoms with E-state index in [0.717, 1.165) is 24.3 Å². The van der Waals surface area contributed by atoms with E-state index in [9.17, 15) is 28.0 Å². The van der Waals surface area contributed by atoms with Crippen molar-refractivity contribution in [1.29, 1.82) is 5.26 Å². The van der Waals surface area contributed by atoms with Gasteiger partial charge >= 0.3 is 17.6 Å². The summed E-state index contributed by atoms with van der Waals surface area (Å²) in [6.45, 7) is 8.05. The van der Waals surface area contributed by atoms with Gasteiger partial charge in [-0.1, -0.05) is 23.2 Å². The van der Waals surface area contributed by atoms with Crippen molar-refractivity contribution in [2.24, 2.45) is 4.99 Å². The van der Waals surface area contributed by atoms with Crippen LogP contribution in [0.3, 0.4) is 0 Å². The van der Waals surface area contributed by atoms with Crippen molar-refractivity contribution >= 4 is 52.7 Å². The molecule has 0 saturated heterocycles. The number of aliphatic imine (C=N–C) groups is 1. The SMILES string of the molecule is CC(C)OC(=O)c1cc(N=C=O)c(F)cc1Cl.Cc1nc(=O)n(-c2cc(C(=O)OC(C)C)c(Cl)cc2F)c(N)c1C#N. The average Bonchev–Trinajstić information content (AvgIpc) is 2.86. The summed E-state index contributed by atoms with van der Waals surface area (Å²) in [5.74, 6) is -3.49. The largest absolute Gasteiger partial charge is 0.459 e. The Morgan fingerprint density at radius 1 is 1.00 bits per heavy atom. The number of aromatic nitrogens is 2. The molecule has 0 bridgehead atoms. The molecule has 11 nitrogen and oxygen atoms in total.